The lowest BCUT2D eigenvalue weighted by molar-refractivity contribution is -0.157. The van der Waals surface area contributed by atoms with E-state index in [-0.39, 0.29) is 12.2 Å². The highest BCUT2D eigenvalue weighted by Gasteiger charge is 2.27. The number of carbonyl (C=O) groups excluding carboxylic acids is 1. The second kappa shape index (κ2) is 6.78. The molecule has 0 saturated heterocycles. The van der Waals surface area contributed by atoms with E-state index in [1.165, 1.54) is 37.6 Å². The lowest BCUT2D eigenvalue weighted by Crippen LogP contribution is -2.22. The van der Waals surface area contributed by atoms with Gasteiger partial charge in [0.2, 0.25) is 5.91 Å². The minimum atomic E-state index is -0.422. The van der Waals surface area contributed by atoms with Crippen molar-refractivity contribution in [2.75, 3.05) is 7.05 Å². The van der Waals surface area contributed by atoms with Crippen molar-refractivity contribution in [3.63, 3.8) is 0 Å². The number of halogens is 1. The van der Waals surface area contributed by atoms with Gasteiger partial charge in [0.05, 0.1) is 6.42 Å². The summed E-state index contributed by atoms with van der Waals surface area (Å²) in [7, 11) is 1.30. The van der Waals surface area contributed by atoms with Gasteiger partial charge in [0.25, 0.3) is 0 Å². The summed E-state index contributed by atoms with van der Waals surface area (Å²) >= 11 is 0. The third-order valence-electron chi connectivity index (χ3n) is 5.44. The van der Waals surface area contributed by atoms with Gasteiger partial charge in [-0.15, -0.1) is 0 Å². The molecule has 0 aromatic heterocycles. The number of fused-ring (bicyclic) bond motifs is 1. The van der Waals surface area contributed by atoms with Crippen molar-refractivity contribution in [1.82, 2.24) is 5.06 Å². The zero-order chi connectivity index (χ0) is 19.1. The normalized spacial score (nSPS) is 17.4. The first kappa shape index (κ1) is 17.7. The van der Waals surface area contributed by atoms with E-state index in [0.29, 0.717) is 5.06 Å². The van der Waals surface area contributed by atoms with Gasteiger partial charge in [-0.25, -0.2) is 9.45 Å². The van der Waals surface area contributed by atoms with Crippen LogP contribution in [0.4, 0.5) is 4.39 Å². The minimum Gasteiger partial charge on any atom is -0.286 e. The van der Waals surface area contributed by atoms with Crippen LogP contribution in [0.2, 0.25) is 0 Å². The largest absolute Gasteiger partial charge is 0.286 e. The quantitative estimate of drug-likeness (QED) is 0.594. The highest BCUT2D eigenvalue weighted by molar-refractivity contribution is 6.08. The predicted octanol–water partition coefficient (Wildman–Crippen LogP) is 5.27. The first-order valence-corrected chi connectivity index (χ1v) is 9.21. The SMILES string of the molecule is CC1=C(CC(=O)N(C)O)c2cc(F)ccc2/C1=C\c1ccc(C2CC2)cc1. The van der Waals surface area contributed by atoms with E-state index in [9.17, 15) is 14.4 Å². The van der Waals surface area contributed by atoms with E-state index in [4.69, 9.17) is 0 Å². The molecule has 27 heavy (non-hydrogen) atoms. The second-order valence-electron chi connectivity index (χ2n) is 7.39. The van der Waals surface area contributed by atoms with Crippen LogP contribution in [0.25, 0.3) is 17.2 Å². The fourth-order valence-electron chi connectivity index (χ4n) is 3.69. The van der Waals surface area contributed by atoms with Crippen LogP contribution in [0.1, 0.15) is 54.4 Å². The molecule has 0 bridgehead atoms. The van der Waals surface area contributed by atoms with Gasteiger partial charge in [-0.3, -0.25) is 10.0 Å². The average Bonchev–Trinajstić information content (AvgIpc) is 3.46. The van der Waals surface area contributed by atoms with Crippen molar-refractivity contribution in [2.24, 2.45) is 0 Å². The third kappa shape index (κ3) is 3.45. The highest BCUT2D eigenvalue weighted by Crippen LogP contribution is 2.44. The van der Waals surface area contributed by atoms with Gasteiger partial charge >= 0.3 is 0 Å². The van der Waals surface area contributed by atoms with Gasteiger partial charge < -0.3 is 0 Å². The van der Waals surface area contributed by atoms with Crippen molar-refractivity contribution in [2.45, 2.75) is 32.1 Å². The van der Waals surface area contributed by atoms with E-state index >= 15 is 0 Å². The molecule has 3 nitrogen and oxygen atoms in total. The lowest BCUT2D eigenvalue weighted by Gasteiger charge is -2.10. The smallest absolute Gasteiger partial charge is 0.250 e. The Balaban J connectivity index is 1.75. The van der Waals surface area contributed by atoms with Crippen molar-refractivity contribution in [3.05, 3.63) is 76.1 Å². The molecule has 1 fully saturated rings. The third-order valence-corrected chi connectivity index (χ3v) is 5.44. The molecule has 2 aliphatic carbocycles. The van der Waals surface area contributed by atoms with Gasteiger partial charge in [-0.2, -0.15) is 0 Å². The van der Waals surface area contributed by atoms with Gasteiger partial charge in [0.1, 0.15) is 5.82 Å². The number of allylic oxidation sites excluding steroid dienone is 2. The number of nitrogens with zero attached hydrogens (tertiary/aromatic N) is 1. The van der Waals surface area contributed by atoms with E-state index in [1.54, 1.807) is 6.07 Å². The molecule has 138 valence electrons. The van der Waals surface area contributed by atoms with Crippen LogP contribution >= 0.6 is 0 Å². The summed E-state index contributed by atoms with van der Waals surface area (Å²) < 4.78 is 13.9. The maximum Gasteiger partial charge on any atom is 0.250 e. The summed E-state index contributed by atoms with van der Waals surface area (Å²) in [6, 6.07) is 13.3. The van der Waals surface area contributed by atoms with Crippen LogP contribution in [0, 0.1) is 5.82 Å². The summed E-state index contributed by atoms with van der Waals surface area (Å²) in [5.74, 6) is -0.0370. The Morgan fingerprint density at radius 3 is 2.52 bits per heavy atom. The number of hydrogen-bond acceptors (Lipinski definition) is 2. The summed E-state index contributed by atoms with van der Waals surface area (Å²) in [5, 5.41) is 10.0. The molecule has 4 rings (SSSR count). The maximum absolute atomic E-state index is 13.9. The fraction of sp³-hybridized carbons (Fsp3) is 0.261. The van der Waals surface area contributed by atoms with Crippen LogP contribution in [0.15, 0.2) is 48.0 Å². The Labute approximate surface area is 158 Å². The molecule has 0 atom stereocenters. The highest BCUT2D eigenvalue weighted by atomic mass is 19.1. The molecule has 0 heterocycles. The molecular formula is C23H22FNO2. The van der Waals surface area contributed by atoms with Gasteiger partial charge in [-0.05, 0) is 82.9 Å². The Morgan fingerprint density at radius 1 is 1.19 bits per heavy atom. The van der Waals surface area contributed by atoms with E-state index in [1.807, 2.05) is 6.92 Å². The number of carbonyl (C=O) groups is 1. The Bertz CT molecular complexity index is 966. The molecule has 1 N–H and O–H groups in total. The number of amides is 1. The molecule has 1 amide bonds. The molecule has 0 unspecified atom stereocenters. The summed E-state index contributed by atoms with van der Waals surface area (Å²) in [6.45, 7) is 1.95. The van der Waals surface area contributed by atoms with Gasteiger partial charge in [-0.1, -0.05) is 30.3 Å². The van der Waals surface area contributed by atoms with Crippen LogP contribution in [-0.2, 0) is 4.79 Å². The maximum atomic E-state index is 13.9. The standard InChI is InChI=1S/C23H22FNO2/c1-14-20(11-15-3-5-16(6-4-15)17-7-8-17)19-10-9-18(24)12-22(19)21(14)13-23(26)25(2)27/h3-6,9-12,17,27H,7-8,13H2,1-2H3/b20-11-. The first-order chi connectivity index (χ1) is 12.9. The van der Waals surface area contributed by atoms with Crippen molar-refractivity contribution < 1.29 is 14.4 Å². The zero-order valence-corrected chi connectivity index (χ0v) is 15.5. The van der Waals surface area contributed by atoms with E-state index in [0.717, 1.165) is 39.3 Å². The molecule has 2 aromatic rings. The zero-order valence-electron chi connectivity index (χ0n) is 15.5. The number of hydroxylamine groups is 2. The van der Waals surface area contributed by atoms with E-state index < -0.39 is 5.91 Å². The monoisotopic (exact) mass is 363 g/mol. The average molecular weight is 363 g/mol. The Morgan fingerprint density at radius 2 is 1.89 bits per heavy atom. The minimum absolute atomic E-state index is 0.0350. The van der Waals surface area contributed by atoms with Crippen LogP contribution in [0.3, 0.4) is 0 Å². The van der Waals surface area contributed by atoms with Crippen molar-refractivity contribution in [3.8, 4) is 0 Å². The van der Waals surface area contributed by atoms with Crippen molar-refractivity contribution in [1.29, 1.82) is 0 Å². The van der Waals surface area contributed by atoms with Crippen LogP contribution in [0.5, 0.6) is 0 Å². The van der Waals surface area contributed by atoms with Crippen LogP contribution in [-0.4, -0.2) is 23.2 Å². The Kier molecular flexibility index (Phi) is 4.44. The molecule has 0 aliphatic heterocycles. The molecular weight excluding hydrogens is 341 g/mol. The molecule has 0 spiro atoms. The first-order valence-electron chi connectivity index (χ1n) is 9.21. The molecule has 2 aromatic carbocycles. The van der Waals surface area contributed by atoms with Gasteiger partial charge in [0, 0.05) is 7.05 Å². The lowest BCUT2D eigenvalue weighted by atomic mass is 9.99. The number of rotatable bonds is 4. The second-order valence-corrected chi connectivity index (χ2v) is 7.39. The molecule has 1 saturated carbocycles. The van der Waals surface area contributed by atoms with Crippen LogP contribution < -0.4 is 0 Å². The topological polar surface area (TPSA) is 40.5 Å². The summed E-state index contributed by atoms with van der Waals surface area (Å²) in [5.41, 5.74) is 6.81. The van der Waals surface area contributed by atoms with Gasteiger partial charge in [0.15, 0.2) is 0 Å². The summed E-state index contributed by atoms with van der Waals surface area (Å²) in [4.78, 5) is 12.0. The van der Waals surface area contributed by atoms with E-state index in [2.05, 4.69) is 30.3 Å². The molecule has 2 aliphatic rings. The molecule has 4 heteroatoms. The molecule has 0 radical (unpaired) electrons. The predicted molar refractivity (Wildman–Crippen MR) is 104 cm³/mol. The fourth-order valence-corrected chi connectivity index (χ4v) is 3.69. The summed E-state index contributed by atoms with van der Waals surface area (Å²) in [6.07, 6.45) is 4.67. The van der Waals surface area contributed by atoms with Crippen molar-refractivity contribution >= 4 is 23.1 Å². The Hall–Kier alpha value is -2.72. The number of hydrogen-bond donors (Lipinski definition) is 1. The number of benzene rings is 2.